The molecule has 114 valence electrons. The van der Waals surface area contributed by atoms with Crippen LogP contribution in [0.25, 0.3) is 0 Å². The predicted octanol–water partition coefficient (Wildman–Crippen LogP) is 4.76. The van der Waals surface area contributed by atoms with Gasteiger partial charge in [0.2, 0.25) is 0 Å². The summed E-state index contributed by atoms with van der Waals surface area (Å²) in [4.78, 5) is 0. The molecule has 20 heavy (non-hydrogen) atoms. The number of rotatable bonds is 6. The highest BCUT2D eigenvalue weighted by Gasteiger charge is 2.31. The van der Waals surface area contributed by atoms with E-state index >= 15 is 0 Å². The number of hydrogen-bond acceptors (Lipinski definition) is 1. The lowest BCUT2D eigenvalue weighted by molar-refractivity contribution is -0.137. The predicted molar refractivity (Wildman–Crippen MR) is 76.8 cm³/mol. The van der Waals surface area contributed by atoms with Gasteiger partial charge in [-0.1, -0.05) is 32.9 Å². The SMILES string of the molecule is CCCNC(C)CC(C)(C)c1ccc(C(F)(F)F)cc1. The Morgan fingerprint density at radius 2 is 1.55 bits per heavy atom. The van der Waals surface area contributed by atoms with Gasteiger partial charge in [0.15, 0.2) is 0 Å². The Morgan fingerprint density at radius 3 is 2.00 bits per heavy atom. The van der Waals surface area contributed by atoms with Crippen molar-refractivity contribution in [1.29, 1.82) is 0 Å². The third kappa shape index (κ3) is 4.82. The van der Waals surface area contributed by atoms with Crippen LogP contribution >= 0.6 is 0 Å². The molecule has 0 saturated heterocycles. The van der Waals surface area contributed by atoms with E-state index in [-0.39, 0.29) is 5.41 Å². The smallest absolute Gasteiger partial charge is 0.314 e. The van der Waals surface area contributed by atoms with Gasteiger partial charge < -0.3 is 5.32 Å². The Morgan fingerprint density at radius 1 is 1.05 bits per heavy atom. The van der Waals surface area contributed by atoms with Crippen LogP contribution < -0.4 is 5.32 Å². The van der Waals surface area contributed by atoms with Crippen molar-refractivity contribution in [2.24, 2.45) is 0 Å². The molecule has 0 aliphatic carbocycles. The van der Waals surface area contributed by atoms with Crippen LogP contribution in [0.4, 0.5) is 13.2 Å². The molecule has 1 nitrogen and oxygen atoms in total. The molecule has 1 unspecified atom stereocenters. The highest BCUT2D eigenvalue weighted by molar-refractivity contribution is 5.29. The van der Waals surface area contributed by atoms with Gasteiger partial charge in [-0.2, -0.15) is 13.2 Å². The second kappa shape index (κ2) is 6.61. The summed E-state index contributed by atoms with van der Waals surface area (Å²) < 4.78 is 37.7. The van der Waals surface area contributed by atoms with Gasteiger partial charge in [-0.15, -0.1) is 0 Å². The fourth-order valence-corrected chi connectivity index (χ4v) is 2.46. The van der Waals surface area contributed by atoms with E-state index in [2.05, 4.69) is 33.0 Å². The molecule has 0 amide bonds. The van der Waals surface area contributed by atoms with E-state index in [0.717, 1.165) is 24.9 Å². The van der Waals surface area contributed by atoms with Crippen LogP contribution in [0.5, 0.6) is 0 Å². The third-order valence-electron chi connectivity index (χ3n) is 3.55. The molecule has 0 heterocycles. The van der Waals surface area contributed by atoms with E-state index in [0.29, 0.717) is 6.04 Å². The Balaban J connectivity index is 2.77. The van der Waals surface area contributed by atoms with E-state index in [1.54, 1.807) is 12.1 Å². The number of benzene rings is 1. The summed E-state index contributed by atoms with van der Waals surface area (Å²) in [6, 6.07) is 5.86. The lowest BCUT2D eigenvalue weighted by atomic mass is 9.79. The maximum Gasteiger partial charge on any atom is 0.416 e. The molecular weight excluding hydrogens is 263 g/mol. The topological polar surface area (TPSA) is 12.0 Å². The molecule has 4 heteroatoms. The molecule has 1 aromatic rings. The lowest BCUT2D eigenvalue weighted by Gasteiger charge is -2.29. The summed E-state index contributed by atoms with van der Waals surface area (Å²) in [5.41, 5.74) is 0.203. The van der Waals surface area contributed by atoms with Gasteiger partial charge in [-0.05, 0) is 49.4 Å². The summed E-state index contributed by atoms with van der Waals surface area (Å²) in [6.45, 7) is 9.33. The van der Waals surface area contributed by atoms with E-state index in [4.69, 9.17) is 0 Å². The monoisotopic (exact) mass is 287 g/mol. The Hall–Kier alpha value is -1.03. The normalized spacial score (nSPS) is 14.3. The summed E-state index contributed by atoms with van der Waals surface area (Å²) in [5, 5.41) is 3.41. The molecule has 0 fully saturated rings. The zero-order valence-electron chi connectivity index (χ0n) is 12.6. The number of hydrogen-bond donors (Lipinski definition) is 1. The molecule has 0 bridgehead atoms. The van der Waals surface area contributed by atoms with Crippen molar-refractivity contribution >= 4 is 0 Å². The van der Waals surface area contributed by atoms with Crippen molar-refractivity contribution in [3.8, 4) is 0 Å². The van der Waals surface area contributed by atoms with Crippen molar-refractivity contribution in [3.63, 3.8) is 0 Å². The Kier molecular flexibility index (Phi) is 5.63. The maximum absolute atomic E-state index is 12.6. The van der Waals surface area contributed by atoms with Crippen molar-refractivity contribution in [2.45, 2.75) is 58.2 Å². The third-order valence-corrected chi connectivity index (χ3v) is 3.55. The van der Waals surface area contributed by atoms with E-state index in [1.165, 1.54) is 12.1 Å². The van der Waals surface area contributed by atoms with Gasteiger partial charge in [-0.25, -0.2) is 0 Å². The number of alkyl halides is 3. The zero-order chi connectivity index (χ0) is 15.4. The standard InChI is InChI=1S/C16H24F3N/c1-5-10-20-12(2)11-15(3,4)13-6-8-14(9-7-13)16(17,18)19/h6-9,12,20H,5,10-11H2,1-4H3. The molecule has 0 aromatic heterocycles. The van der Waals surface area contributed by atoms with Crippen molar-refractivity contribution < 1.29 is 13.2 Å². The van der Waals surface area contributed by atoms with Crippen LogP contribution in [0.3, 0.4) is 0 Å². The molecule has 1 atom stereocenters. The summed E-state index contributed by atoms with van der Waals surface area (Å²) in [6.07, 6.45) is -2.30. The van der Waals surface area contributed by atoms with Gasteiger partial charge in [0.25, 0.3) is 0 Å². The van der Waals surface area contributed by atoms with Gasteiger partial charge in [0.1, 0.15) is 0 Å². The van der Waals surface area contributed by atoms with Gasteiger partial charge in [-0.3, -0.25) is 0 Å². The average Bonchev–Trinajstić information content (AvgIpc) is 2.35. The van der Waals surface area contributed by atoms with Gasteiger partial charge >= 0.3 is 6.18 Å². The molecule has 0 aliphatic rings. The van der Waals surface area contributed by atoms with E-state index < -0.39 is 11.7 Å². The lowest BCUT2D eigenvalue weighted by Crippen LogP contribution is -2.33. The quantitative estimate of drug-likeness (QED) is 0.795. The summed E-state index contributed by atoms with van der Waals surface area (Å²) in [5.74, 6) is 0. The van der Waals surface area contributed by atoms with Crippen LogP contribution in [0.1, 0.15) is 51.7 Å². The van der Waals surface area contributed by atoms with Gasteiger partial charge in [0.05, 0.1) is 5.56 Å². The molecule has 1 aromatic carbocycles. The molecule has 0 aliphatic heterocycles. The van der Waals surface area contributed by atoms with E-state index in [9.17, 15) is 13.2 Å². The first kappa shape index (κ1) is 17.0. The van der Waals surface area contributed by atoms with Crippen LogP contribution in [0, 0.1) is 0 Å². The first-order chi connectivity index (χ1) is 9.16. The van der Waals surface area contributed by atoms with E-state index in [1.807, 2.05) is 0 Å². The minimum atomic E-state index is -4.27. The molecule has 0 radical (unpaired) electrons. The maximum atomic E-state index is 12.6. The second-order valence-corrected chi connectivity index (χ2v) is 6.02. The molecule has 1 N–H and O–H groups in total. The number of halogens is 3. The van der Waals surface area contributed by atoms with Crippen molar-refractivity contribution in [2.75, 3.05) is 6.54 Å². The summed E-state index contributed by atoms with van der Waals surface area (Å²) in [7, 11) is 0. The fourth-order valence-electron chi connectivity index (χ4n) is 2.46. The minimum absolute atomic E-state index is 0.149. The second-order valence-electron chi connectivity index (χ2n) is 6.02. The molecule has 0 saturated carbocycles. The van der Waals surface area contributed by atoms with Crippen LogP contribution in [0.2, 0.25) is 0 Å². The van der Waals surface area contributed by atoms with Crippen LogP contribution in [-0.2, 0) is 11.6 Å². The Labute approximate surface area is 119 Å². The highest BCUT2D eigenvalue weighted by Crippen LogP contribution is 2.33. The molecular formula is C16H24F3N. The minimum Gasteiger partial charge on any atom is -0.314 e. The first-order valence-corrected chi connectivity index (χ1v) is 7.08. The molecule has 1 rings (SSSR count). The highest BCUT2D eigenvalue weighted by atomic mass is 19.4. The summed E-state index contributed by atoms with van der Waals surface area (Å²) >= 11 is 0. The van der Waals surface area contributed by atoms with Gasteiger partial charge in [0, 0.05) is 6.04 Å². The fraction of sp³-hybridized carbons (Fsp3) is 0.625. The average molecular weight is 287 g/mol. The Bertz CT molecular complexity index is 407. The molecule has 0 spiro atoms. The van der Waals surface area contributed by atoms with Crippen LogP contribution in [0.15, 0.2) is 24.3 Å². The van der Waals surface area contributed by atoms with Crippen molar-refractivity contribution in [3.05, 3.63) is 35.4 Å². The number of nitrogens with one attached hydrogen (secondary N) is 1. The zero-order valence-corrected chi connectivity index (χ0v) is 12.6. The van der Waals surface area contributed by atoms with Crippen molar-refractivity contribution in [1.82, 2.24) is 5.32 Å². The largest absolute Gasteiger partial charge is 0.416 e. The van der Waals surface area contributed by atoms with Crippen LogP contribution in [-0.4, -0.2) is 12.6 Å². The first-order valence-electron chi connectivity index (χ1n) is 7.08.